The van der Waals surface area contributed by atoms with Gasteiger partial charge in [0.1, 0.15) is 12.4 Å². The predicted octanol–water partition coefficient (Wildman–Crippen LogP) is 2.44. The van der Waals surface area contributed by atoms with Crippen molar-refractivity contribution in [3.63, 3.8) is 0 Å². The summed E-state index contributed by atoms with van der Waals surface area (Å²) < 4.78 is 10.9. The van der Waals surface area contributed by atoms with E-state index in [1.54, 1.807) is 7.11 Å². The molecule has 2 amide bonds. The van der Waals surface area contributed by atoms with Gasteiger partial charge in [-0.3, -0.25) is 9.59 Å². The van der Waals surface area contributed by atoms with Gasteiger partial charge in [0.15, 0.2) is 6.10 Å². The van der Waals surface area contributed by atoms with Gasteiger partial charge in [-0.25, -0.2) is 0 Å². The second kappa shape index (κ2) is 8.02. The first kappa shape index (κ1) is 18.5. The van der Waals surface area contributed by atoms with E-state index in [4.69, 9.17) is 9.47 Å². The Balaban J connectivity index is 1.55. The Morgan fingerprint density at radius 1 is 1.14 bits per heavy atom. The number of nitrogens with zero attached hydrogens (tertiary/aromatic N) is 1. The van der Waals surface area contributed by atoms with Gasteiger partial charge in [0.05, 0.1) is 13.2 Å². The average Bonchev–Trinajstić information content (AvgIpc) is 3.58. The number of benzene rings is 2. The molecule has 2 aromatic carbocycles. The third kappa shape index (κ3) is 4.02. The molecule has 2 aromatic rings. The van der Waals surface area contributed by atoms with Crippen molar-refractivity contribution in [1.29, 1.82) is 0 Å². The molecule has 6 nitrogen and oxygen atoms in total. The smallest absolute Gasteiger partial charge is 0.254 e. The minimum absolute atomic E-state index is 0.0767. The minimum atomic E-state index is -0.723. The highest BCUT2D eigenvalue weighted by Crippen LogP contribution is 2.32. The van der Waals surface area contributed by atoms with Crippen LogP contribution in [-0.2, 0) is 20.9 Å². The van der Waals surface area contributed by atoms with Crippen LogP contribution in [0.5, 0.6) is 5.75 Å². The SMILES string of the molecule is COc1ccc(CN(C(=O)C2OCC(=O)NC2c2ccccc2)C2CC2)cc1. The molecule has 1 heterocycles. The monoisotopic (exact) mass is 380 g/mol. The van der Waals surface area contributed by atoms with Crippen LogP contribution >= 0.6 is 0 Å². The fourth-order valence-corrected chi connectivity index (χ4v) is 3.55. The van der Waals surface area contributed by atoms with Crippen molar-refractivity contribution in [1.82, 2.24) is 10.2 Å². The lowest BCUT2D eigenvalue weighted by molar-refractivity contribution is -0.156. The van der Waals surface area contributed by atoms with E-state index in [0.717, 1.165) is 29.7 Å². The van der Waals surface area contributed by atoms with Crippen LogP contribution in [0.25, 0.3) is 0 Å². The first-order valence-corrected chi connectivity index (χ1v) is 9.55. The van der Waals surface area contributed by atoms with Crippen LogP contribution in [0.4, 0.5) is 0 Å². The van der Waals surface area contributed by atoms with Crippen molar-refractivity contribution in [3.05, 3.63) is 65.7 Å². The lowest BCUT2D eigenvalue weighted by Crippen LogP contribution is -2.53. The maximum absolute atomic E-state index is 13.4. The number of amides is 2. The Bertz CT molecular complexity index is 833. The van der Waals surface area contributed by atoms with Gasteiger partial charge in [-0.1, -0.05) is 42.5 Å². The number of methoxy groups -OCH3 is 1. The fourth-order valence-electron chi connectivity index (χ4n) is 3.55. The Hall–Kier alpha value is -2.86. The van der Waals surface area contributed by atoms with E-state index in [-0.39, 0.29) is 24.5 Å². The molecule has 2 unspecified atom stereocenters. The Kier molecular flexibility index (Phi) is 5.30. The topological polar surface area (TPSA) is 67.9 Å². The van der Waals surface area contributed by atoms with E-state index < -0.39 is 12.1 Å². The second-order valence-corrected chi connectivity index (χ2v) is 7.23. The maximum atomic E-state index is 13.4. The highest BCUT2D eigenvalue weighted by atomic mass is 16.5. The number of hydrogen-bond donors (Lipinski definition) is 1. The van der Waals surface area contributed by atoms with Gasteiger partial charge in [-0.05, 0) is 36.1 Å². The highest BCUT2D eigenvalue weighted by molar-refractivity contribution is 5.86. The van der Waals surface area contributed by atoms with Gasteiger partial charge >= 0.3 is 0 Å². The summed E-state index contributed by atoms with van der Waals surface area (Å²) in [5.74, 6) is 0.508. The van der Waals surface area contributed by atoms with E-state index in [1.165, 1.54) is 0 Å². The number of carbonyl (C=O) groups excluding carboxylic acids is 2. The van der Waals surface area contributed by atoms with Crippen molar-refractivity contribution in [2.75, 3.05) is 13.7 Å². The summed E-state index contributed by atoms with van der Waals surface area (Å²) in [6, 6.07) is 17.0. The zero-order valence-electron chi connectivity index (χ0n) is 15.8. The number of rotatable bonds is 6. The summed E-state index contributed by atoms with van der Waals surface area (Å²) in [5.41, 5.74) is 1.91. The molecule has 1 aliphatic heterocycles. The van der Waals surface area contributed by atoms with Gasteiger partial charge in [-0.15, -0.1) is 0 Å². The number of nitrogens with one attached hydrogen (secondary N) is 1. The molecule has 0 aromatic heterocycles. The van der Waals surface area contributed by atoms with Crippen molar-refractivity contribution >= 4 is 11.8 Å². The molecule has 1 N–H and O–H groups in total. The van der Waals surface area contributed by atoms with E-state index >= 15 is 0 Å². The van der Waals surface area contributed by atoms with Gasteiger partial charge in [0.25, 0.3) is 5.91 Å². The number of carbonyl (C=O) groups is 2. The Morgan fingerprint density at radius 3 is 2.50 bits per heavy atom. The van der Waals surface area contributed by atoms with E-state index in [1.807, 2.05) is 59.5 Å². The molecule has 1 aliphatic carbocycles. The summed E-state index contributed by atoms with van der Waals surface area (Å²) in [6.07, 6.45) is 1.27. The Labute approximate surface area is 164 Å². The largest absolute Gasteiger partial charge is 0.497 e. The predicted molar refractivity (Wildman–Crippen MR) is 104 cm³/mol. The van der Waals surface area contributed by atoms with Crippen molar-refractivity contribution in [2.45, 2.75) is 37.6 Å². The van der Waals surface area contributed by atoms with Gasteiger partial charge in [0.2, 0.25) is 5.91 Å². The molecular weight excluding hydrogens is 356 g/mol. The molecule has 2 aliphatic rings. The van der Waals surface area contributed by atoms with Crippen LogP contribution in [0.15, 0.2) is 54.6 Å². The van der Waals surface area contributed by atoms with Crippen LogP contribution in [0.3, 0.4) is 0 Å². The normalized spacial score (nSPS) is 21.7. The number of hydrogen-bond acceptors (Lipinski definition) is 4. The van der Waals surface area contributed by atoms with Crippen molar-refractivity contribution in [3.8, 4) is 5.75 Å². The van der Waals surface area contributed by atoms with E-state index in [2.05, 4.69) is 5.32 Å². The zero-order chi connectivity index (χ0) is 19.5. The molecule has 4 rings (SSSR count). The summed E-state index contributed by atoms with van der Waals surface area (Å²) in [7, 11) is 1.63. The molecule has 6 heteroatoms. The number of ether oxygens (including phenoxy) is 2. The standard InChI is InChI=1S/C22H24N2O4/c1-27-18-11-7-15(8-12-18)13-24(17-9-10-17)22(26)21-20(23-19(25)14-28-21)16-5-3-2-4-6-16/h2-8,11-12,17,20-21H,9-10,13-14H2,1H3,(H,23,25). The van der Waals surface area contributed by atoms with Crippen LogP contribution < -0.4 is 10.1 Å². The average molecular weight is 380 g/mol. The van der Waals surface area contributed by atoms with E-state index in [9.17, 15) is 9.59 Å². The highest BCUT2D eigenvalue weighted by Gasteiger charge is 2.42. The molecule has 1 saturated heterocycles. The molecule has 28 heavy (non-hydrogen) atoms. The minimum Gasteiger partial charge on any atom is -0.497 e. The Morgan fingerprint density at radius 2 is 1.86 bits per heavy atom. The fraction of sp³-hybridized carbons (Fsp3) is 0.364. The zero-order valence-corrected chi connectivity index (χ0v) is 15.8. The van der Waals surface area contributed by atoms with E-state index in [0.29, 0.717) is 6.54 Å². The summed E-state index contributed by atoms with van der Waals surface area (Å²) >= 11 is 0. The molecule has 0 spiro atoms. The van der Waals surface area contributed by atoms with Crippen molar-refractivity contribution < 1.29 is 19.1 Å². The van der Waals surface area contributed by atoms with Crippen molar-refractivity contribution in [2.24, 2.45) is 0 Å². The summed E-state index contributed by atoms with van der Waals surface area (Å²) in [6.45, 7) is 0.420. The molecule has 0 bridgehead atoms. The van der Waals surface area contributed by atoms with Gasteiger partial charge in [0, 0.05) is 12.6 Å². The van der Waals surface area contributed by atoms with Crippen LogP contribution in [-0.4, -0.2) is 42.6 Å². The first-order valence-electron chi connectivity index (χ1n) is 9.55. The van der Waals surface area contributed by atoms with Gasteiger partial charge < -0.3 is 19.7 Å². The lowest BCUT2D eigenvalue weighted by Gasteiger charge is -2.35. The number of morpholine rings is 1. The van der Waals surface area contributed by atoms with Gasteiger partial charge in [-0.2, -0.15) is 0 Å². The summed E-state index contributed by atoms with van der Waals surface area (Å²) in [4.78, 5) is 27.2. The quantitative estimate of drug-likeness (QED) is 0.836. The molecule has 2 atom stereocenters. The first-order chi connectivity index (χ1) is 13.7. The molecule has 2 fully saturated rings. The van der Waals surface area contributed by atoms with Crippen LogP contribution in [0.2, 0.25) is 0 Å². The summed E-state index contributed by atoms with van der Waals surface area (Å²) in [5, 5.41) is 2.93. The molecule has 1 saturated carbocycles. The molecular formula is C22H24N2O4. The van der Waals surface area contributed by atoms with Crippen LogP contribution in [0, 0.1) is 0 Å². The third-order valence-electron chi connectivity index (χ3n) is 5.20. The molecule has 0 radical (unpaired) electrons. The van der Waals surface area contributed by atoms with Crippen LogP contribution in [0.1, 0.15) is 30.0 Å². The lowest BCUT2D eigenvalue weighted by atomic mass is 9.98. The maximum Gasteiger partial charge on any atom is 0.254 e. The third-order valence-corrected chi connectivity index (χ3v) is 5.20. The second-order valence-electron chi connectivity index (χ2n) is 7.23. The molecule has 146 valence electrons.